The average Bonchev–Trinajstić information content (AvgIpc) is 2.69. The smallest absolute Gasteiger partial charge is 0.232 e. The predicted molar refractivity (Wildman–Crippen MR) is 101 cm³/mol. The number of rotatable bonds is 6. The number of thioether (sulfide) groups is 1. The van der Waals surface area contributed by atoms with Gasteiger partial charge in [0.1, 0.15) is 12.1 Å². The Labute approximate surface area is 154 Å². The number of anilines is 1. The Morgan fingerprint density at radius 3 is 2.96 bits per heavy atom. The first-order chi connectivity index (χ1) is 12.3. The maximum atomic E-state index is 12.4. The van der Waals surface area contributed by atoms with Gasteiger partial charge in [-0.25, -0.2) is 9.97 Å². The summed E-state index contributed by atoms with van der Waals surface area (Å²) >= 11 is 1.74. The highest BCUT2D eigenvalue weighted by atomic mass is 32.2. The van der Waals surface area contributed by atoms with Gasteiger partial charge in [-0.05, 0) is 25.0 Å². The van der Waals surface area contributed by atoms with E-state index in [2.05, 4.69) is 27.9 Å². The van der Waals surface area contributed by atoms with Crippen molar-refractivity contribution in [3.8, 4) is 0 Å². The molecule has 25 heavy (non-hydrogen) atoms. The maximum Gasteiger partial charge on any atom is 0.232 e. The molecule has 0 N–H and O–H groups in total. The van der Waals surface area contributed by atoms with E-state index in [1.54, 1.807) is 18.1 Å². The summed E-state index contributed by atoms with van der Waals surface area (Å²) in [6.07, 6.45) is 4.92. The van der Waals surface area contributed by atoms with Gasteiger partial charge in [0.2, 0.25) is 5.91 Å². The molecule has 138 valence electrons. The number of piperidine rings is 1. The molecule has 1 atom stereocenters. The number of hydrogen-bond donors (Lipinski definition) is 0. The number of amides is 1. The topological polar surface area (TPSA) is 58.6 Å². The lowest BCUT2D eigenvalue weighted by Crippen LogP contribution is -2.40. The lowest BCUT2D eigenvalue weighted by Gasteiger charge is -2.33. The SMILES string of the molecule is CCCSCC(=O)N1CCC[C@@H](c2cc(N3CCOCC3)ncn2)C1. The predicted octanol–water partition coefficient (Wildman–Crippen LogP) is 2.16. The molecule has 2 aliphatic rings. The molecule has 0 spiro atoms. The van der Waals surface area contributed by atoms with Crippen LogP contribution in [0, 0.1) is 0 Å². The number of carbonyl (C=O) groups is 1. The zero-order valence-corrected chi connectivity index (χ0v) is 15.8. The number of nitrogens with zero attached hydrogens (tertiary/aromatic N) is 4. The van der Waals surface area contributed by atoms with Crippen LogP contribution in [0.15, 0.2) is 12.4 Å². The second kappa shape index (κ2) is 9.38. The van der Waals surface area contributed by atoms with Crippen LogP contribution in [0.1, 0.15) is 37.8 Å². The molecule has 1 aromatic rings. The van der Waals surface area contributed by atoms with Crippen molar-refractivity contribution in [2.75, 3.05) is 55.8 Å². The standard InChI is InChI=1S/C18H28N4O2S/c1-2-10-25-13-18(23)22-5-3-4-15(12-22)16-11-17(20-14-19-16)21-6-8-24-9-7-21/h11,14-15H,2-10,12-13H2,1H3/t15-/m1/s1. The zero-order valence-electron chi connectivity index (χ0n) is 15.0. The van der Waals surface area contributed by atoms with Gasteiger partial charge < -0.3 is 14.5 Å². The van der Waals surface area contributed by atoms with Crippen molar-refractivity contribution in [3.05, 3.63) is 18.1 Å². The molecule has 6 nitrogen and oxygen atoms in total. The molecule has 2 saturated heterocycles. The zero-order chi connectivity index (χ0) is 17.5. The van der Waals surface area contributed by atoms with Crippen LogP contribution in [-0.2, 0) is 9.53 Å². The van der Waals surface area contributed by atoms with Crippen molar-refractivity contribution in [1.29, 1.82) is 0 Å². The molecule has 0 saturated carbocycles. The Kier molecular flexibility index (Phi) is 6.93. The molecule has 0 radical (unpaired) electrons. The van der Waals surface area contributed by atoms with Crippen molar-refractivity contribution in [3.63, 3.8) is 0 Å². The van der Waals surface area contributed by atoms with Crippen LogP contribution in [0.2, 0.25) is 0 Å². The van der Waals surface area contributed by atoms with Gasteiger partial charge in [-0.3, -0.25) is 4.79 Å². The van der Waals surface area contributed by atoms with E-state index in [0.717, 1.165) is 75.9 Å². The Morgan fingerprint density at radius 1 is 1.32 bits per heavy atom. The number of hydrogen-bond acceptors (Lipinski definition) is 6. The summed E-state index contributed by atoms with van der Waals surface area (Å²) in [4.78, 5) is 25.6. The molecule has 3 rings (SSSR count). The van der Waals surface area contributed by atoms with Crippen LogP contribution >= 0.6 is 11.8 Å². The van der Waals surface area contributed by atoms with Crippen LogP contribution in [0.4, 0.5) is 5.82 Å². The Hall–Kier alpha value is -1.34. The van der Waals surface area contributed by atoms with E-state index in [-0.39, 0.29) is 5.91 Å². The lowest BCUT2D eigenvalue weighted by molar-refractivity contribution is -0.129. The lowest BCUT2D eigenvalue weighted by atomic mass is 9.94. The molecule has 1 amide bonds. The summed E-state index contributed by atoms with van der Waals surface area (Å²) < 4.78 is 5.42. The van der Waals surface area contributed by atoms with Crippen molar-refractivity contribution >= 4 is 23.5 Å². The third-order valence-corrected chi connectivity index (χ3v) is 5.92. The third-order valence-electron chi connectivity index (χ3n) is 4.78. The molecule has 0 bridgehead atoms. The van der Waals surface area contributed by atoms with Gasteiger partial charge in [0.05, 0.1) is 24.7 Å². The van der Waals surface area contributed by atoms with Crippen LogP contribution in [0.5, 0.6) is 0 Å². The second-order valence-electron chi connectivity index (χ2n) is 6.63. The average molecular weight is 365 g/mol. The van der Waals surface area contributed by atoms with Crippen LogP contribution in [-0.4, -0.2) is 71.7 Å². The fourth-order valence-electron chi connectivity index (χ4n) is 3.39. The fraction of sp³-hybridized carbons (Fsp3) is 0.722. The number of carbonyl (C=O) groups excluding carboxylic acids is 1. The molecule has 1 aromatic heterocycles. The first-order valence-electron chi connectivity index (χ1n) is 9.28. The molecule has 3 heterocycles. The fourth-order valence-corrected chi connectivity index (χ4v) is 4.18. The molecule has 0 unspecified atom stereocenters. The Balaban J connectivity index is 1.62. The summed E-state index contributed by atoms with van der Waals surface area (Å²) in [5, 5.41) is 0. The van der Waals surface area contributed by atoms with E-state index in [9.17, 15) is 4.79 Å². The Morgan fingerprint density at radius 2 is 2.16 bits per heavy atom. The normalized spacial score (nSPS) is 21.4. The minimum Gasteiger partial charge on any atom is -0.378 e. The van der Waals surface area contributed by atoms with Crippen LogP contribution in [0.3, 0.4) is 0 Å². The van der Waals surface area contributed by atoms with Crippen molar-refractivity contribution < 1.29 is 9.53 Å². The summed E-state index contributed by atoms with van der Waals surface area (Å²) in [6.45, 7) is 7.06. The van der Waals surface area contributed by atoms with Gasteiger partial charge in [-0.15, -0.1) is 0 Å². The van der Waals surface area contributed by atoms with E-state index in [1.807, 2.05) is 4.90 Å². The molecule has 7 heteroatoms. The highest BCUT2D eigenvalue weighted by molar-refractivity contribution is 7.99. The van der Waals surface area contributed by atoms with Gasteiger partial charge in [0.15, 0.2) is 0 Å². The highest BCUT2D eigenvalue weighted by Crippen LogP contribution is 2.27. The number of ether oxygens (including phenoxy) is 1. The number of likely N-dealkylation sites (tertiary alicyclic amines) is 1. The maximum absolute atomic E-state index is 12.4. The van der Waals surface area contributed by atoms with Gasteiger partial charge in [-0.2, -0.15) is 11.8 Å². The summed E-state index contributed by atoms with van der Waals surface area (Å²) in [5.74, 6) is 3.22. The summed E-state index contributed by atoms with van der Waals surface area (Å²) in [5.41, 5.74) is 1.07. The summed E-state index contributed by atoms with van der Waals surface area (Å²) in [7, 11) is 0. The van der Waals surface area contributed by atoms with E-state index in [0.29, 0.717) is 11.7 Å². The van der Waals surface area contributed by atoms with Crippen molar-refractivity contribution in [2.24, 2.45) is 0 Å². The van der Waals surface area contributed by atoms with Gasteiger partial charge >= 0.3 is 0 Å². The van der Waals surface area contributed by atoms with Gasteiger partial charge in [0.25, 0.3) is 0 Å². The van der Waals surface area contributed by atoms with Crippen LogP contribution in [0.25, 0.3) is 0 Å². The molecular weight excluding hydrogens is 336 g/mol. The number of morpholine rings is 1. The van der Waals surface area contributed by atoms with E-state index in [1.165, 1.54) is 0 Å². The van der Waals surface area contributed by atoms with Gasteiger partial charge in [-0.1, -0.05) is 6.92 Å². The van der Waals surface area contributed by atoms with E-state index in [4.69, 9.17) is 4.74 Å². The van der Waals surface area contributed by atoms with Crippen molar-refractivity contribution in [2.45, 2.75) is 32.1 Å². The quantitative estimate of drug-likeness (QED) is 0.721. The largest absolute Gasteiger partial charge is 0.378 e. The molecule has 0 aliphatic carbocycles. The van der Waals surface area contributed by atoms with E-state index < -0.39 is 0 Å². The molecular formula is C18H28N4O2S. The first-order valence-corrected chi connectivity index (χ1v) is 10.4. The monoisotopic (exact) mass is 364 g/mol. The third kappa shape index (κ3) is 5.07. The summed E-state index contributed by atoms with van der Waals surface area (Å²) in [6, 6.07) is 2.11. The van der Waals surface area contributed by atoms with Crippen molar-refractivity contribution in [1.82, 2.24) is 14.9 Å². The minimum atomic E-state index is 0.269. The van der Waals surface area contributed by atoms with Gasteiger partial charge in [0, 0.05) is 38.2 Å². The first kappa shape index (κ1) is 18.5. The minimum absolute atomic E-state index is 0.269. The molecule has 2 fully saturated rings. The number of aromatic nitrogens is 2. The molecule has 2 aliphatic heterocycles. The Bertz CT molecular complexity index is 566. The van der Waals surface area contributed by atoms with E-state index >= 15 is 0 Å². The molecule has 0 aromatic carbocycles. The second-order valence-corrected chi connectivity index (χ2v) is 7.74. The highest BCUT2D eigenvalue weighted by Gasteiger charge is 2.26. The van der Waals surface area contributed by atoms with Crippen LogP contribution < -0.4 is 4.90 Å².